The Labute approximate surface area is 145 Å². The van der Waals surface area contributed by atoms with Crippen molar-refractivity contribution in [1.82, 2.24) is 20.1 Å². The van der Waals surface area contributed by atoms with Crippen LogP contribution < -0.4 is 5.32 Å². The van der Waals surface area contributed by atoms with Gasteiger partial charge in [0.2, 0.25) is 0 Å². The van der Waals surface area contributed by atoms with E-state index in [1.54, 1.807) is 11.3 Å². The third-order valence-corrected chi connectivity index (χ3v) is 5.00. The van der Waals surface area contributed by atoms with Gasteiger partial charge in [0.25, 0.3) is 0 Å². The second-order valence-corrected chi connectivity index (χ2v) is 6.91. The molecule has 1 N–H and O–H groups in total. The maximum atomic E-state index is 5.94. The summed E-state index contributed by atoms with van der Waals surface area (Å²) in [5.41, 5.74) is 3.38. The van der Waals surface area contributed by atoms with E-state index in [4.69, 9.17) is 9.84 Å². The predicted octanol–water partition coefficient (Wildman–Crippen LogP) is 2.79. The summed E-state index contributed by atoms with van der Waals surface area (Å²) in [6.45, 7) is 3.11. The molecule has 0 radical (unpaired) electrons. The van der Waals surface area contributed by atoms with Crippen LogP contribution in [0.1, 0.15) is 27.9 Å². The molecule has 0 amide bonds. The largest absolute Gasteiger partial charge is 0.370 e. The van der Waals surface area contributed by atoms with Gasteiger partial charge in [-0.05, 0) is 35.6 Å². The lowest BCUT2D eigenvalue weighted by Crippen LogP contribution is -2.27. The molecule has 4 heterocycles. The summed E-state index contributed by atoms with van der Waals surface area (Å²) in [6.07, 6.45) is 4.91. The fourth-order valence-electron chi connectivity index (χ4n) is 2.97. The number of rotatable bonds is 6. The highest BCUT2D eigenvalue weighted by Gasteiger charge is 2.24. The van der Waals surface area contributed by atoms with E-state index in [2.05, 4.69) is 34.0 Å². The Bertz CT molecular complexity index is 770. The van der Waals surface area contributed by atoms with Crippen LogP contribution in [0.3, 0.4) is 0 Å². The summed E-state index contributed by atoms with van der Waals surface area (Å²) < 4.78 is 7.92. The third kappa shape index (κ3) is 3.56. The number of nitrogens with one attached hydrogen (secondary N) is 1. The van der Waals surface area contributed by atoms with Crippen molar-refractivity contribution in [2.45, 2.75) is 25.6 Å². The summed E-state index contributed by atoms with van der Waals surface area (Å²) in [7, 11) is 0. The van der Waals surface area contributed by atoms with Crippen molar-refractivity contribution < 1.29 is 4.74 Å². The van der Waals surface area contributed by atoms with Gasteiger partial charge in [-0.3, -0.25) is 9.67 Å². The Morgan fingerprint density at radius 1 is 1.29 bits per heavy atom. The van der Waals surface area contributed by atoms with Crippen molar-refractivity contribution in [2.24, 2.45) is 0 Å². The molecule has 3 aromatic heterocycles. The lowest BCUT2D eigenvalue weighted by atomic mass is 10.1. The van der Waals surface area contributed by atoms with Gasteiger partial charge in [-0.15, -0.1) is 11.3 Å². The zero-order valence-electron chi connectivity index (χ0n) is 13.4. The van der Waals surface area contributed by atoms with Crippen LogP contribution in [-0.2, 0) is 24.2 Å². The number of aromatic nitrogens is 3. The molecule has 124 valence electrons. The minimum Gasteiger partial charge on any atom is -0.370 e. The topological polar surface area (TPSA) is 52.0 Å². The van der Waals surface area contributed by atoms with E-state index in [1.807, 2.05) is 29.1 Å². The van der Waals surface area contributed by atoms with Crippen molar-refractivity contribution in [1.29, 1.82) is 0 Å². The number of pyridine rings is 1. The predicted molar refractivity (Wildman–Crippen MR) is 94.0 cm³/mol. The van der Waals surface area contributed by atoms with Gasteiger partial charge in [0.15, 0.2) is 0 Å². The molecule has 1 aliphatic heterocycles. The van der Waals surface area contributed by atoms with E-state index in [0.29, 0.717) is 6.54 Å². The van der Waals surface area contributed by atoms with Crippen molar-refractivity contribution in [3.05, 3.63) is 69.9 Å². The first-order chi connectivity index (χ1) is 11.9. The fourth-order valence-corrected chi connectivity index (χ4v) is 3.64. The van der Waals surface area contributed by atoms with Crippen molar-refractivity contribution in [3.8, 4) is 0 Å². The van der Waals surface area contributed by atoms with E-state index < -0.39 is 0 Å². The standard InChI is InChI=1S/C18H20N4OS/c1-2-7-20-15(4-1)13-22-12-14-6-8-23-17(18(14)21-22)11-19-10-16-5-3-9-24-16/h1-5,7,9,12,17,19H,6,8,10-11,13H2/t17-/m1/s1. The molecule has 0 fully saturated rings. The van der Waals surface area contributed by atoms with Crippen LogP contribution in [0.5, 0.6) is 0 Å². The smallest absolute Gasteiger partial charge is 0.114 e. The van der Waals surface area contributed by atoms with Crippen molar-refractivity contribution in [2.75, 3.05) is 13.2 Å². The number of ether oxygens (including phenoxy) is 1. The first-order valence-corrected chi connectivity index (χ1v) is 9.07. The molecule has 5 nitrogen and oxygen atoms in total. The number of fused-ring (bicyclic) bond motifs is 1. The van der Waals surface area contributed by atoms with Crippen LogP contribution in [0.15, 0.2) is 48.1 Å². The first kappa shape index (κ1) is 15.5. The van der Waals surface area contributed by atoms with Crippen molar-refractivity contribution in [3.63, 3.8) is 0 Å². The van der Waals surface area contributed by atoms with Gasteiger partial charge in [0, 0.05) is 30.4 Å². The Hall–Kier alpha value is -2.02. The molecule has 0 saturated heterocycles. The van der Waals surface area contributed by atoms with E-state index in [9.17, 15) is 0 Å². The molecule has 0 aromatic carbocycles. The van der Waals surface area contributed by atoms with Gasteiger partial charge in [0.1, 0.15) is 6.10 Å². The molecule has 1 aliphatic rings. The summed E-state index contributed by atoms with van der Waals surface area (Å²) in [5, 5.41) is 10.3. The zero-order valence-corrected chi connectivity index (χ0v) is 14.2. The third-order valence-electron chi connectivity index (χ3n) is 4.12. The average molecular weight is 340 g/mol. The minimum atomic E-state index is 0.0266. The van der Waals surface area contributed by atoms with E-state index in [0.717, 1.165) is 37.5 Å². The van der Waals surface area contributed by atoms with Crippen LogP contribution in [0.2, 0.25) is 0 Å². The van der Waals surface area contributed by atoms with E-state index in [1.165, 1.54) is 10.4 Å². The lowest BCUT2D eigenvalue weighted by molar-refractivity contribution is 0.0393. The Balaban J connectivity index is 1.42. The maximum Gasteiger partial charge on any atom is 0.114 e. The molecular formula is C18H20N4OS. The molecule has 6 heteroatoms. The molecule has 0 aliphatic carbocycles. The van der Waals surface area contributed by atoms with Crippen LogP contribution in [0, 0.1) is 0 Å². The fraction of sp³-hybridized carbons (Fsp3) is 0.333. The Morgan fingerprint density at radius 2 is 2.29 bits per heavy atom. The summed E-state index contributed by atoms with van der Waals surface area (Å²) in [4.78, 5) is 5.71. The van der Waals surface area contributed by atoms with Crippen LogP contribution >= 0.6 is 11.3 Å². The molecule has 0 spiro atoms. The van der Waals surface area contributed by atoms with Crippen LogP contribution in [-0.4, -0.2) is 27.9 Å². The lowest BCUT2D eigenvalue weighted by Gasteiger charge is -2.22. The summed E-state index contributed by atoms with van der Waals surface area (Å²) >= 11 is 1.77. The molecule has 0 bridgehead atoms. The molecule has 24 heavy (non-hydrogen) atoms. The SMILES string of the molecule is c1ccc(Cn2cc3c(n2)[C@@H](CNCc2cccs2)OCC3)nc1. The number of thiophene rings is 1. The Kier molecular flexibility index (Phi) is 4.69. The summed E-state index contributed by atoms with van der Waals surface area (Å²) in [5.74, 6) is 0. The van der Waals surface area contributed by atoms with Gasteiger partial charge in [-0.2, -0.15) is 5.10 Å². The van der Waals surface area contributed by atoms with Gasteiger partial charge >= 0.3 is 0 Å². The van der Waals surface area contributed by atoms with Gasteiger partial charge in [-0.1, -0.05) is 12.1 Å². The number of hydrogen-bond donors (Lipinski definition) is 1. The summed E-state index contributed by atoms with van der Waals surface area (Å²) in [6, 6.07) is 10.2. The van der Waals surface area contributed by atoms with Crippen molar-refractivity contribution >= 4 is 11.3 Å². The van der Waals surface area contributed by atoms with Crippen LogP contribution in [0.4, 0.5) is 0 Å². The van der Waals surface area contributed by atoms with Gasteiger partial charge in [0.05, 0.1) is 24.5 Å². The quantitative estimate of drug-likeness (QED) is 0.750. The van der Waals surface area contributed by atoms with Crippen LogP contribution in [0.25, 0.3) is 0 Å². The van der Waals surface area contributed by atoms with E-state index >= 15 is 0 Å². The highest BCUT2D eigenvalue weighted by Crippen LogP contribution is 2.25. The highest BCUT2D eigenvalue weighted by molar-refractivity contribution is 7.09. The molecular weight excluding hydrogens is 320 g/mol. The van der Waals surface area contributed by atoms with E-state index in [-0.39, 0.29) is 6.10 Å². The molecule has 4 rings (SSSR count). The minimum absolute atomic E-state index is 0.0266. The second-order valence-electron chi connectivity index (χ2n) is 5.88. The highest BCUT2D eigenvalue weighted by atomic mass is 32.1. The molecule has 3 aromatic rings. The number of hydrogen-bond acceptors (Lipinski definition) is 5. The second kappa shape index (κ2) is 7.25. The molecule has 1 atom stereocenters. The number of nitrogens with zero attached hydrogens (tertiary/aromatic N) is 3. The first-order valence-electron chi connectivity index (χ1n) is 8.19. The molecule has 0 saturated carbocycles. The maximum absolute atomic E-state index is 5.94. The Morgan fingerprint density at radius 3 is 3.12 bits per heavy atom. The normalized spacial score (nSPS) is 16.9. The van der Waals surface area contributed by atoms with Gasteiger partial charge in [-0.25, -0.2) is 0 Å². The average Bonchev–Trinajstić information content (AvgIpc) is 3.25. The molecule has 0 unspecified atom stereocenters. The monoisotopic (exact) mass is 340 g/mol. The zero-order chi connectivity index (χ0) is 16.2. The van der Waals surface area contributed by atoms with Gasteiger partial charge < -0.3 is 10.1 Å².